The Morgan fingerprint density at radius 3 is 0.717 bits per heavy atom. The largest absolute Gasteiger partial charge is 0.446 e. The van der Waals surface area contributed by atoms with Crippen LogP contribution >= 0.6 is 92.8 Å². The maximum Gasteiger partial charge on any atom is 0.287 e. The van der Waals surface area contributed by atoms with Crippen molar-refractivity contribution in [3.63, 3.8) is 0 Å². The average molecular weight is 788 g/mol. The van der Waals surface area contributed by atoms with Crippen LogP contribution < -0.4 is 21.3 Å². The van der Waals surface area contributed by atoms with E-state index in [4.69, 9.17) is 102 Å². The number of carbonyl (C=O) groups excluding carboxylic acids is 4. The highest BCUT2D eigenvalue weighted by Gasteiger charge is 2.25. The van der Waals surface area contributed by atoms with Gasteiger partial charge in [0.15, 0.2) is 23.0 Å². The number of furan rings is 2. The van der Waals surface area contributed by atoms with Gasteiger partial charge in [-0.15, -0.1) is 0 Å². The zero-order valence-corrected chi connectivity index (χ0v) is 28.7. The Morgan fingerprint density at radius 1 is 0.370 bits per heavy atom. The summed E-state index contributed by atoms with van der Waals surface area (Å²) in [4.78, 5) is 51.3. The molecule has 46 heavy (non-hydrogen) atoms. The van der Waals surface area contributed by atoms with E-state index in [1.54, 1.807) is 0 Å². The van der Waals surface area contributed by atoms with Crippen LogP contribution in [0.4, 0.5) is 0 Å². The fourth-order valence-electron chi connectivity index (χ4n) is 4.25. The summed E-state index contributed by atoms with van der Waals surface area (Å²) in [6.07, 6.45) is 0. The maximum absolute atomic E-state index is 12.8. The fourth-order valence-corrected chi connectivity index (χ4v) is 6.65. The van der Waals surface area contributed by atoms with Crippen molar-refractivity contribution in [2.24, 2.45) is 0 Å². The van der Waals surface area contributed by atoms with Crippen LogP contribution in [0.5, 0.6) is 0 Å². The molecule has 0 fully saturated rings. The summed E-state index contributed by atoms with van der Waals surface area (Å²) in [6, 6.07) is 5.13. The summed E-state index contributed by atoms with van der Waals surface area (Å²) >= 11 is 51.7. The second-order valence-electron chi connectivity index (χ2n) is 9.48. The monoisotopic (exact) mass is 784 g/mol. The molecule has 0 aliphatic carbocycles. The SMILES string of the molecule is O=C1NCc2c(Cl)c(Cl)c(c(Cl)c2Cl)CNC(=O)c2ccc(o2)C(=O)NCc2c(Cl)c(Cl)c(c(Cl)c2Cl)CNC(=O)c2ccc1o2. The third kappa shape index (κ3) is 6.77. The van der Waals surface area contributed by atoms with Crippen LogP contribution in [-0.4, -0.2) is 23.6 Å². The highest BCUT2D eigenvalue weighted by Crippen LogP contribution is 2.42. The van der Waals surface area contributed by atoms with Crippen molar-refractivity contribution in [2.75, 3.05) is 0 Å². The lowest BCUT2D eigenvalue weighted by molar-refractivity contribution is 0.0883. The number of benzene rings is 2. The summed E-state index contributed by atoms with van der Waals surface area (Å²) in [5.74, 6) is -3.64. The zero-order valence-electron chi connectivity index (χ0n) is 22.6. The molecule has 8 rings (SSSR count). The van der Waals surface area contributed by atoms with E-state index in [2.05, 4.69) is 21.3 Å². The van der Waals surface area contributed by atoms with E-state index in [0.717, 1.165) is 0 Å². The Labute approximate surface area is 299 Å². The van der Waals surface area contributed by atoms with Gasteiger partial charge >= 0.3 is 0 Å². The maximum atomic E-state index is 12.8. The number of amides is 4. The smallest absolute Gasteiger partial charge is 0.287 e. The lowest BCUT2D eigenvalue weighted by Crippen LogP contribution is -2.25. The fraction of sp³-hybridized carbons (Fsp3) is 0.143. The molecule has 4 amide bonds. The highest BCUT2D eigenvalue weighted by atomic mass is 35.5. The molecular weight excluding hydrogens is 772 g/mol. The Bertz CT molecular complexity index is 1610. The third-order valence-corrected chi connectivity index (χ3v) is 10.4. The first-order valence-electron chi connectivity index (χ1n) is 12.8. The quantitative estimate of drug-likeness (QED) is 0.133. The topological polar surface area (TPSA) is 143 Å². The van der Waals surface area contributed by atoms with Gasteiger partial charge < -0.3 is 30.1 Å². The van der Waals surface area contributed by atoms with E-state index in [9.17, 15) is 19.2 Å². The minimum Gasteiger partial charge on any atom is -0.446 e. The van der Waals surface area contributed by atoms with E-state index in [-0.39, 0.29) is 112 Å². The van der Waals surface area contributed by atoms with Crippen LogP contribution in [-0.2, 0) is 26.2 Å². The molecule has 10 nitrogen and oxygen atoms in total. The first-order valence-corrected chi connectivity index (χ1v) is 15.8. The number of rotatable bonds is 0. The van der Waals surface area contributed by atoms with Crippen LogP contribution in [0.25, 0.3) is 0 Å². The third-order valence-electron chi connectivity index (χ3n) is 6.70. The molecule has 0 saturated carbocycles. The molecule has 18 heteroatoms. The van der Waals surface area contributed by atoms with Crippen molar-refractivity contribution < 1.29 is 28.0 Å². The lowest BCUT2D eigenvalue weighted by Gasteiger charge is -2.16. The predicted octanol–water partition coefficient (Wildman–Crippen LogP) is 8.13. The summed E-state index contributed by atoms with van der Waals surface area (Å²) in [6.45, 7) is -0.903. The first-order chi connectivity index (χ1) is 21.8. The summed E-state index contributed by atoms with van der Waals surface area (Å²) in [5.41, 5.74) is 0.746. The molecule has 0 radical (unpaired) electrons. The molecule has 6 heterocycles. The minimum absolute atomic E-state index is 0.0242. The van der Waals surface area contributed by atoms with Gasteiger partial charge in [0, 0.05) is 48.4 Å². The van der Waals surface area contributed by atoms with Crippen molar-refractivity contribution in [3.8, 4) is 0 Å². The summed E-state index contributed by atoms with van der Waals surface area (Å²) < 4.78 is 10.9. The van der Waals surface area contributed by atoms with Gasteiger partial charge in [-0.25, -0.2) is 0 Å². The molecule has 2 aromatic carbocycles. The molecule has 0 atom stereocenters. The zero-order chi connectivity index (χ0) is 33.4. The number of nitrogens with one attached hydrogen (secondary N) is 4. The number of halogens is 8. The molecule has 4 aliphatic rings. The van der Waals surface area contributed by atoms with E-state index >= 15 is 0 Å². The number of hydrogen-bond donors (Lipinski definition) is 4. The Hall–Kier alpha value is -2.80. The van der Waals surface area contributed by atoms with E-state index < -0.39 is 23.6 Å². The Kier molecular flexibility index (Phi) is 10.6. The molecule has 2 aromatic heterocycles. The highest BCUT2D eigenvalue weighted by molar-refractivity contribution is 6.50. The van der Waals surface area contributed by atoms with Crippen molar-refractivity contribution >= 4 is 116 Å². The normalized spacial score (nSPS) is 14.6. The van der Waals surface area contributed by atoms with Gasteiger partial charge in [0.2, 0.25) is 0 Å². The summed E-state index contributed by atoms with van der Waals surface area (Å²) in [7, 11) is 0. The van der Waals surface area contributed by atoms with Gasteiger partial charge in [-0.05, 0) is 24.3 Å². The molecular formula is C28H16Cl8N4O6. The van der Waals surface area contributed by atoms with Crippen molar-refractivity contribution in [3.05, 3.63) is 110 Å². The second-order valence-corrected chi connectivity index (χ2v) is 12.5. The first kappa shape index (κ1) is 34.5. The lowest BCUT2D eigenvalue weighted by atomic mass is 10.1. The van der Waals surface area contributed by atoms with Crippen molar-refractivity contribution in [1.29, 1.82) is 0 Å². The van der Waals surface area contributed by atoms with Crippen LogP contribution in [0.3, 0.4) is 0 Å². The molecule has 8 bridgehead atoms. The number of hydrogen-bond acceptors (Lipinski definition) is 6. The van der Waals surface area contributed by atoms with E-state index in [0.29, 0.717) is 0 Å². The van der Waals surface area contributed by atoms with Gasteiger partial charge in [-0.2, -0.15) is 0 Å². The second kappa shape index (κ2) is 14.1. The Morgan fingerprint density at radius 2 is 0.543 bits per heavy atom. The molecule has 0 saturated heterocycles. The van der Waals surface area contributed by atoms with Gasteiger partial charge in [0.1, 0.15) is 0 Å². The van der Waals surface area contributed by atoms with Crippen LogP contribution in [0.15, 0.2) is 33.1 Å². The molecule has 240 valence electrons. The molecule has 4 aliphatic heterocycles. The standard InChI is InChI=1S/C28H16Cl8N4O6/c29-17-9-5-37-25(41)13-1-2-14(45-13)26(42)38-6-10-19(31)23(35)12(24(36)20(10)32)8-40-28(44)16-4-3-15(46-16)27(43)39-7-11(21(17)33)22(34)18(9)30/h1-4H,5-8H2,(H,37,41)(H,38,42)(H,39,43)(H,40,44). The Balaban J connectivity index is 1.49. The van der Waals surface area contributed by atoms with E-state index in [1.807, 2.05) is 0 Å². The minimum atomic E-state index is -0.707. The number of carbonyl (C=O) groups is 4. The van der Waals surface area contributed by atoms with E-state index in [1.165, 1.54) is 24.3 Å². The van der Waals surface area contributed by atoms with Gasteiger partial charge in [0.05, 0.1) is 40.2 Å². The van der Waals surface area contributed by atoms with Gasteiger partial charge in [-0.1, -0.05) is 92.8 Å². The summed E-state index contributed by atoms with van der Waals surface area (Å²) in [5, 5.41) is 10.1. The van der Waals surface area contributed by atoms with Gasteiger partial charge in [0.25, 0.3) is 23.6 Å². The van der Waals surface area contributed by atoms with Crippen molar-refractivity contribution in [1.82, 2.24) is 21.3 Å². The van der Waals surface area contributed by atoms with Crippen molar-refractivity contribution in [2.45, 2.75) is 26.2 Å². The average Bonchev–Trinajstić information content (AvgIpc) is 3.73. The molecule has 0 unspecified atom stereocenters. The predicted molar refractivity (Wildman–Crippen MR) is 175 cm³/mol. The van der Waals surface area contributed by atoms with Crippen LogP contribution in [0.2, 0.25) is 40.2 Å². The molecule has 0 spiro atoms. The van der Waals surface area contributed by atoms with Crippen LogP contribution in [0.1, 0.15) is 64.5 Å². The molecule has 4 aromatic rings. The van der Waals surface area contributed by atoms with Gasteiger partial charge in [-0.3, -0.25) is 19.2 Å². The molecule has 4 N–H and O–H groups in total. The van der Waals surface area contributed by atoms with Crippen LogP contribution in [0, 0.1) is 0 Å².